The second-order valence-corrected chi connectivity index (χ2v) is 22.6. The minimum Gasteiger partial charge on any atom is -0.497 e. The normalized spacial score (nSPS) is 17.2. The van der Waals surface area contributed by atoms with Gasteiger partial charge in [0, 0.05) is 27.5 Å². The number of rotatable bonds is 16. The second kappa shape index (κ2) is 17.7. The van der Waals surface area contributed by atoms with Crippen LogP contribution >= 0.6 is 0 Å². The molecule has 0 saturated heterocycles. The van der Waals surface area contributed by atoms with Gasteiger partial charge in [0.25, 0.3) is 0 Å². The van der Waals surface area contributed by atoms with Gasteiger partial charge < -0.3 is 36.7 Å². The Morgan fingerprint density at radius 1 is 0.609 bits per heavy atom. The molecule has 8 nitrogen and oxygen atoms in total. The van der Waals surface area contributed by atoms with E-state index in [0.717, 1.165) is 52.2 Å². The first-order chi connectivity index (χ1) is 30.1. The van der Waals surface area contributed by atoms with Gasteiger partial charge in [-0.3, -0.25) is 0 Å². The molecule has 0 amide bonds. The lowest BCUT2D eigenvalue weighted by Gasteiger charge is -2.42. The third kappa shape index (κ3) is 9.71. The molecule has 1 atom stereocenters. The predicted molar refractivity (Wildman–Crippen MR) is 260 cm³/mol. The van der Waals surface area contributed by atoms with Crippen molar-refractivity contribution < 1.29 is 36.7 Å². The third-order valence-corrected chi connectivity index (χ3v) is 15.0. The summed E-state index contributed by atoms with van der Waals surface area (Å²) in [7, 11) is -1.97. The van der Waals surface area contributed by atoms with Crippen LogP contribution in [-0.2, 0) is 33.5 Å². The first-order valence-electron chi connectivity index (χ1n) is 22.9. The van der Waals surface area contributed by atoms with Crippen molar-refractivity contribution in [3.63, 3.8) is 0 Å². The molecule has 9 heteroatoms. The summed E-state index contributed by atoms with van der Waals surface area (Å²) in [5, 5.41) is 2.31. The minimum absolute atomic E-state index is 0.132. The van der Waals surface area contributed by atoms with Crippen molar-refractivity contribution in [2.75, 3.05) is 26.9 Å². The standard InChI is InChI=1S/C55H70O8Si/c1-15-54(16-2)46-24-20-19-23-44(46)47-42-21-17-18-22-43(42)49-45(48(47)54)33-34-55(60-49,38-25-29-40(56-14)30-26-38)39-27-31-41(32-28-39)57-35-36-58-53(12,13)37-59-64(61-50(3,4)5,62-51(6,7)8)63-52(9,10)11/h17-34H,15-16,35-37H2,1-14H3. The zero-order chi connectivity index (χ0) is 46.3. The SMILES string of the molecule is CCC1(CC)c2ccccc2-c2c1c1c(c3ccccc23)OC(c2ccc(OC)cc2)(c2ccc(OCCOC(C)(C)CO[Si](OC(C)(C)C)(OC(C)(C)C)OC(C)(C)C)cc2)C=C1. The zero-order valence-corrected chi connectivity index (χ0v) is 41.7. The number of fused-ring (bicyclic) bond motifs is 8. The van der Waals surface area contributed by atoms with Crippen LogP contribution < -0.4 is 14.2 Å². The van der Waals surface area contributed by atoms with Crippen molar-refractivity contribution in [1.29, 1.82) is 0 Å². The lowest BCUT2D eigenvalue weighted by Crippen LogP contribution is -2.60. The Bertz CT molecular complexity index is 2410. The van der Waals surface area contributed by atoms with E-state index in [-0.39, 0.29) is 12.0 Å². The summed E-state index contributed by atoms with van der Waals surface area (Å²) in [6.45, 7) is 27.3. The van der Waals surface area contributed by atoms with Gasteiger partial charge in [0.05, 0.1) is 42.7 Å². The molecule has 0 saturated carbocycles. The summed E-state index contributed by atoms with van der Waals surface area (Å²) in [4.78, 5) is 0. The molecule has 0 spiro atoms. The average molecular weight is 887 g/mol. The molecular weight excluding hydrogens is 817 g/mol. The largest absolute Gasteiger partial charge is 0.681 e. The summed E-state index contributed by atoms with van der Waals surface area (Å²) in [5.74, 6) is 2.41. The Labute approximate surface area is 383 Å². The monoisotopic (exact) mass is 886 g/mol. The smallest absolute Gasteiger partial charge is 0.497 e. The molecule has 5 aromatic rings. The van der Waals surface area contributed by atoms with E-state index >= 15 is 0 Å². The van der Waals surface area contributed by atoms with E-state index < -0.39 is 37.1 Å². The molecule has 1 unspecified atom stereocenters. The first kappa shape index (κ1) is 47.5. The van der Waals surface area contributed by atoms with Crippen molar-refractivity contribution in [1.82, 2.24) is 0 Å². The van der Waals surface area contributed by atoms with E-state index in [9.17, 15) is 0 Å². The molecule has 1 heterocycles. The molecular formula is C55H70O8Si. The highest BCUT2D eigenvalue weighted by molar-refractivity contribution is 6.54. The van der Waals surface area contributed by atoms with Crippen molar-refractivity contribution in [2.45, 2.75) is 136 Å². The number of ether oxygens (including phenoxy) is 4. The second-order valence-electron chi connectivity index (χ2n) is 20.7. The van der Waals surface area contributed by atoms with Crippen LogP contribution in [0, 0.1) is 0 Å². The van der Waals surface area contributed by atoms with E-state index in [1.54, 1.807) is 7.11 Å². The van der Waals surface area contributed by atoms with Crippen molar-refractivity contribution >= 4 is 25.9 Å². The number of methoxy groups -OCH3 is 1. The maximum Gasteiger partial charge on any atom is 0.681 e. The molecule has 0 bridgehead atoms. The molecule has 2 aliphatic rings. The van der Waals surface area contributed by atoms with Crippen LogP contribution in [0.5, 0.6) is 17.2 Å². The molecule has 1 aliphatic carbocycles. The van der Waals surface area contributed by atoms with Crippen molar-refractivity contribution in [3.05, 3.63) is 131 Å². The zero-order valence-electron chi connectivity index (χ0n) is 40.7. The Morgan fingerprint density at radius 3 is 1.69 bits per heavy atom. The highest BCUT2D eigenvalue weighted by Crippen LogP contribution is 2.60. The quantitative estimate of drug-likeness (QED) is 0.0717. The fourth-order valence-corrected chi connectivity index (χ4v) is 12.4. The van der Waals surface area contributed by atoms with Gasteiger partial charge in [-0.05, 0) is 147 Å². The number of benzene rings is 5. The molecule has 0 aromatic heterocycles. The number of hydrogen-bond acceptors (Lipinski definition) is 8. The molecule has 64 heavy (non-hydrogen) atoms. The fourth-order valence-electron chi connectivity index (χ4n) is 9.28. The maximum atomic E-state index is 7.56. The summed E-state index contributed by atoms with van der Waals surface area (Å²) in [5.41, 5.74) is 5.10. The van der Waals surface area contributed by atoms with Crippen LogP contribution in [0.15, 0.2) is 103 Å². The fraction of sp³-hybridized carbons (Fsp3) is 0.455. The van der Waals surface area contributed by atoms with E-state index in [2.05, 4.69) is 98.8 Å². The topological polar surface area (TPSA) is 73.8 Å². The van der Waals surface area contributed by atoms with Crippen LogP contribution in [0.25, 0.3) is 28.0 Å². The Kier molecular flexibility index (Phi) is 13.1. The maximum absolute atomic E-state index is 7.56. The van der Waals surface area contributed by atoms with E-state index in [4.69, 9.17) is 36.7 Å². The molecule has 1 aliphatic heterocycles. The summed E-state index contributed by atoms with van der Waals surface area (Å²) < 4.78 is 51.9. The van der Waals surface area contributed by atoms with Gasteiger partial charge >= 0.3 is 9.05 Å². The van der Waals surface area contributed by atoms with Crippen LogP contribution in [0.4, 0.5) is 0 Å². The van der Waals surface area contributed by atoms with Gasteiger partial charge in [-0.25, -0.2) is 0 Å². The van der Waals surface area contributed by atoms with Gasteiger partial charge in [-0.2, -0.15) is 0 Å². The highest BCUT2D eigenvalue weighted by atomic mass is 28.4. The van der Waals surface area contributed by atoms with Crippen LogP contribution in [0.2, 0.25) is 0 Å². The van der Waals surface area contributed by atoms with Gasteiger partial charge in [-0.15, -0.1) is 0 Å². The molecule has 0 N–H and O–H groups in total. The van der Waals surface area contributed by atoms with Gasteiger partial charge in [0.15, 0.2) is 5.60 Å². The molecule has 7 rings (SSSR count). The van der Waals surface area contributed by atoms with Crippen LogP contribution in [-0.4, -0.2) is 58.4 Å². The van der Waals surface area contributed by atoms with Crippen LogP contribution in [0.1, 0.15) is 131 Å². The Balaban J connectivity index is 1.14. The van der Waals surface area contributed by atoms with Crippen molar-refractivity contribution in [2.24, 2.45) is 0 Å². The molecule has 0 fully saturated rings. The lowest BCUT2D eigenvalue weighted by molar-refractivity contribution is -0.154. The summed E-state index contributed by atoms with van der Waals surface area (Å²) >= 11 is 0. The van der Waals surface area contributed by atoms with E-state index in [1.165, 1.54) is 27.6 Å². The Morgan fingerprint density at radius 2 is 1.14 bits per heavy atom. The number of hydrogen-bond donors (Lipinski definition) is 0. The minimum atomic E-state index is -3.66. The molecule has 0 radical (unpaired) electrons. The average Bonchev–Trinajstić information content (AvgIpc) is 3.54. The van der Waals surface area contributed by atoms with Crippen LogP contribution in [0.3, 0.4) is 0 Å². The molecule has 5 aromatic carbocycles. The predicted octanol–water partition coefficient (Wildman–Crippen LogP) is 13.4. The van der Waals surface area contributed by atoms with E-state index in [0.29, 0.717) is 13.2 Å². The van der Waals surface area contributed by atoms with Gasteiger partial charge in [-0.1, -0.05) is 92.7 Å². The molecule has 342 valence electrons. The summed E-state index contributed by atoms with van der Waals surface area (Å²) in [6, 6.07) is 34.1. The van der Waals surface area contributed by atoms with Gasteiger partial charge in [0.2, 0.25) is 0 Å². The first-order valence-corrected chi connectivity index (χ1v) is 24.5. The van der Waals surface area contributed by atoms with E-state index in [1.807, 2.05) is 100 Å². The highest BCUT2D eigenvalue weighted by Gasteiger charge is 2.55. The van der Waals surface area contributed by atoms with Crippen molar-refractivity contribution in [3.8, 4) is 28.4 Å². The Hall–Kier alpha value is -4.48. The summed E-state index contributed by atoms with van der Waals surface area (Å²) in [6.07, 6.45) is 6.53. The van der Waals surface area contributed by atoms with Gasteiger partial charge in [0.1, 0.15) is 23.9 Å². The lowest BCUT2D eigenvalue weighted by atomic mass is 9.71. The third-order valence-electron chi connectivity index (χ3n) is 11.9.